The van der Waals surface area contributed by atoms with Crippen molar-refractivity contribution in [1.29, 1.82) is 0 Å². The van der Waals surface area contributed by atoms with Crippen LogP contribution in [0.1, 0.15) is 50.0 Å². The predicted octanol–water partition coefficient (Wildman–Crippen LogP) is 4.92. The van der Waals surface area contributed by atoms with Gasteiger partial charge in [0.2, 0.25) is 0 Å². The maximum atomic E-state index is 13.6. The van der Waals surface area contributed by atoms with Gasteiger partial charge < -0.3 is 9.47 Å². The first-order valence-corrected chi connectivity index (χ1v) is 11.3. The lowest BCUT2D eigenvalue weighted by Gasteiger charge is -2.30. The molecule has 162 valence electrons. The van der Waals surface area contributed by atoms with Gasteiger partial charge in [0.15, 0.2) is 0 Å². The zero-order valence-corrected chi connectivity index (χ0v) is 18.6. The predicted molar refractivity (Wildman–Crippen MR) is 126 cm³/mol. The Kier molecular flexibility index (Phi) is 6.23. The van der Waals surface area contributed by atoms with Gasteiger partial charge in [-0.25, -0.2) is 0 Å². The fourth-order valence-corrected chi connectivity index (χ4v) is 4.69. The largest absolute Gasteiger partial charge is 0.344 e. The smallest absolute Gasteiger partial charge is 0.299 e. The Hall–Kier alpha value is -2.92. The van der Waals surface area contributed by atoms with Crippen LogP contribution in [0.3, 0.4) is 0 Å². The van der Waals surface area contributed by atoms with Gasteiger partial charge in [-0.3, -0.25) is 14.5 Å². The zero-order chi connectivity index (χ0) is 22.0. The molecule has 1 aromatic heterocycles. The first-order chi connectivity index (χ1) is 15.0. The molecule has 0 radical (unpaired) electrons. The summed E-state index contributed by atoms with van der Waals surface area (Å²) >= 11 is 0. The lowest BCUT2D eigenvalue weighted by molar-refractivity contribution is -0.114. The molecule has 1 saturated heterocycles. The van der Waals surface area contributed by atoms with Crippen LogP contribution >= 0.6 is 0 Å². The summed E-state index contributed by atoms with van der Waals surface area (Å²) in [6.45, 7) is 8.85. The molecule has 0 saturated carbocycles. The van der Waals surface area contributed by atoms with Crippen molar-refractivity contribution in [2.45, 2.75) is 45.7 Å². The molecule has 2 heterocycles. The van der Waals surface area contributed by atoms with Crippen LogP contribution in [0, 0.1) is 0 Å². The molecule has 0 spiro atoms. The molecule has 4 rings (SSSR count). The molecule has 1 amide bonds. The van der Waals surface area contributed by atoms with Gasteiger partial charge in [0.05, 0.1) is 5.56 Å². The summed E-state index contributed by atoms with van der Waals surface area (Å²) in [5, 5.41) is 0.832. The third-order valence-electron chi connectivity index (χ3n) is 6.35. The van der Waals surface area contributed by atoms with Gasteiger partial charge in [-0.1, -0.05) is 43.3 Å². The van der Waals surface area contributed by atoms with Crippen LogP contribution in [-0.2, 0) is 4.79 Å². The number of para-hydroxylation sites is 2. The highest BCUT2D eigenvalue weighted by Gasteiger charge is 2.32. The Morgan fingerprint density at radius 3 is 2.48 bits per heavy atom. The third-order valence-corrected chi connectivity index (χ3v) is 6.35. The summed E-state index contributed by atoms with van der Waals surface area (Å²) in [7, 11) is 0. The van der Waals surface area contributed by atoms with Crippen LogP contribution in [0.4, 0.5) is 5.69 Å². The summed E-state index contributed by atoms with van der Waals surface area (Å²) in [5.41, 5.74) is 2.23. The van der Waals surface area contributed by atoms with Crippen LogP contribution in [0.2, 0.25) is 0 Å². The summed E-state index contributed by atoms with van der Waals surface area (Å²) < 4.78 is 2.07. The number of anilines is 1. The number of fused-ring (bicyclic) bond motifs is 1. The van der Waals surface area contributed by atoms with Crippen LogP contribution in [-0.4, -0.2) is 46.8 Å². The summed E-state index contributed by atoms with van der Waals surface area (Å²) in [6, 6.07) is 17.9. The van der Waals surface area contributed by atoms with Crippen molar-refractivity contribution in [1.82, 2.24) is 9.47 Å². The molecule has 5 nitrogen and oxygen atoms in total. The highest BCUT2D eigenvalue weighted by Crippen LogP contribution is 2.27. The van der Waals surface area contributed by atoms with E-state index in [4.69, 9.17) is 0 Å². The van der Waals surface area contributed by atoms with Gasteiger partial charge in [-0.05, 0) is 58.0 Å². The first-order valence-electron chi connectivity index (χ1n) is 11.3. The molecule has 1 unspecified atom stereocenters. The summed E-state index contributed by atoms with van der Waals surface area (Å²) in [6.07, 6.45) is 4.02. The normalized spacial score (nSPS) is 16.8. The average Bonchev–Trinajstić information content (AvgIpc) is 3.41. The second-order valence-electron chi connectivity index (χ2n) is 8.57. The topological polar surface area (TPSA) is 45.6 Å². The van der Waals surface area contributed by atoms with Crippen molar-refractivity contribution in [3.63, 3.8) is 0 Å². The molecule has 5 heteroatoms. The van der Waals surface area contributed by atoms with Crippen molar-refractivity contribution in [2.24, 2.45) is 0 Å². The quantitative estimate of drug-likeness (QED) is 0.405. The van der Waals surface area contributed by atoms with E-state index in [0.29, 0.717) is 12.1 Å². The van der Waals surface area contributed by atoms with E-state index in [-0.39, 0.29) is 12.1 Å². The van der Waals surface area contributed by atoms with Crippen molar-refractivity contribution in [3.8, 4) is 0 Å². The molecular weight excluding hydrogens is 386 g/mol. The number of carbonyl (C=O) groups excluding carboxylic acids is 2. The van der Waals surface area contributed by atoms with E-state index in [1.54, 1.807) is 4.90 Å². The lowest BCUT2D eigenvalue weighted by atomic mass is 10.1. The minimum absolute atomic E-state index is 0.198. The van der Waals surface area contributed by atoms with Crippen molar-refractivity contribution < 1.29 is 9.59 Å². The molecule has 1 aliphatic rings. The molecule has 0 bridgehead atoms. The van der Waals surface area contributed by atoms with E-state index in [1.807, 2.05) is 60.8 Å². The number of carbonyl (C=O) groups is 2. The van der Waals surface area contributed by atoms with Crippen LogP contribution in [0.25, 0.3) is 10.9 Å². The zero-order valence-electron chi connectivity index (χ0n) is 18.6. The molecule has 0 N–H and O–H groups in total. The number of amides is 1. The number of rotatable bonds is 7. The van der Waals surface area contributed by atoms with E-state index in [1.165, 1.54) is 0 Å². The number of benzene rings is 2. The average molecular weight is 418 g/mol. The molecule has 31 heavy (non-hydrogen) atoms. The molecule has 2 aromatic carbocycles. The molecular formula is C26H31N3O2. The van der Waals surface area contributed by atoms with E-state index in [0.717, 1.165) is 42.5 Å². The van der Waals surface area contributed by atoms with E-state index in [9.17, 15) is 9.59 Å². The van der Waals surface area contributed by atoms with Crippen LogP contribution in [0.15, 0.2) is 60.8 Å². The fraction of sp³-hybridized carbons (Fsp3) is 0.385. The molecule has 1 atom stereocenters. The Morgan fingerprint density at radius 1 is 1.06 bits per heavy atom. The van der Waals surface area contributed by atoms with Gasteiger partial charge >= 0.3 is 0 Å². The van der Waals surface area contributed by atoms with Gasteiger partial charge in [-0.15, -0.1) is 0 Å². The molecule has 1 fully saturated rings. The minimum Gasteiger partial charge on any atom is -0.344 e. The van der Waals surface area contributed by atoms with E-state index < -0.39 is 11.7 Å². The Bertz CT molecular complexity index is 1070. The Morgan fingerprint density at radius 2 is 1.77 bits per heavy atom. The molecule has 3 aromatic rings. The minimum atomic E-state index is -0.458. The SMILES string of the molecule is CCN1CCCC1CN(C(=O)C(=O)c1cn(C(C)C)c2ccccc12)c1ccccc1. The number of Topliss-reactive ketones (excluding diaryl/α,β-unsaturated/α-hetero) is 1. The van der Waals surface area contributed by atoms with Crippen molar-refractivity contribution in [3.05, 3.63) is 66.4 Å². The maximum Gasteiger partial charge on any atom is 0.299 e. The van der Waals surface area contributed by atoms with Gasteiger partial charge in [0.1, 0.15) is 0 Å². The van der Waals surface area contributed by atoms with Gasteiger partial charge in [-0.2, -0.15) is 0 Å². The number of hydrogen-bond acceptors (Lipinski definition) is 3. The first kappa shape index (κ1) is 21.3. The van der Waals surface area contributed by atoms with Gasteiger partial charge in [0, 0.05) is 41.4 Å². The number of hydrogen-bond donors (Lipinski definition) is 0. The Balaban J connectivity index is 1.70. The van der Waals surface area contributed by atoms with Crippen LogP contribution in [0.5, 0.6) is 0 Å². The number of likely N-dealkylation sites (tertiary alicyclic amines) is 1. The standard InChI is InChI=1S/C26H31N3O2/c1-4-27-16-10-13-21(27)17-29(20-11-6-5-7-12-20)26(31)25(30)23-18-28(19(2)3)24-15-9-8-14-22(23)24/h5-9,11-12,14-15,18-19,21H,4,10,13,16-17H2,1-3H3. The maximum absolute atomic E-state index is 13.6. The summed E-state index contributed by atoms with van der Waals surface area (Å²) in [4.78, 5) is 31.2. The summed E-state index contributed by atoms with van der Waals surface area (Å²) in [5.74, 6) is -0.902. The van der Waals surface area contributed by atoms with E-state index >= 15 is 0 Å². The monoisotopic (exact) mass is 417 g/mol. The number of nitrogens with zero attached hydrogens (tertiary/aromatic N) is 3. The number of likely N-dealkylation sites (N-methyl/N-ethyl adjacent to an activating group) is 1. The second kappa shape index (κ2) is 9.06. The lowest BCUT2D eigenvalue weighted by Crippen LogP contribution is -2.45. The number of ketones is 1. The fourth-order valence-electron chi connectivity index (χ4n) is 4.69. The third kappa shape index (κ3) is 4.15. The second-order valence-corrected chi connectivity index (χ2v) is 8.57. The van der Waals surface area contributed by atoms with Gasteiger partial charge in [0.25, 0.3) is 11.7 Å². The highest BCUT2D eigenvalue weighted by molar-refractivity contribution is 6.49. The molecule has 1 aliphatic heterocycles. The highest BCUT2D eigenvalue weighted by atomic mass is 16.2. The van der Waals surface area contributed by atoms with Crippen molar-refractivity contribution in [2.75, 3.05) is 24.5 Å². The van der Waals surface area contributed by atoms with Crippen LogP contribution < -0.4 is 4.90 Å². The van der Waals surface area contributed by atoms with E-state index in [2.05, 4.69) is 30.2 Å². The number of aromatic nitrogens is 1. The molecule has 0 aliphatic carbocycles. The Labute approximate surface area is 184 Å². The van der Waals surface area contributed by atoms with Crippen molar-refractivity contribution >= 4 is 28.3 Å².